The van der Waals surface area contributed by atoms with Gasteiger partial charge >= 0.3 is 6.03 Å². The van der Waals surface area contributed by atoms with Gasteiger partial charge in [0.1, 0.15) is 0 Å². The van der Waals surface area contributed by atoms with Crippen LogP contribution in [0.2, 0.25) is 0 Å². The van der Waals surface area contributed by atoms with Gasteiger partial charge in [-0.1, -0.05) is 20.8 Å². The topological polar surface area (TPSA) is 64.6 Å². The number of piperidine rings is 1. The average Bonchev–Trinajstić information content (AvgIpc) is 2.40. The summed E-state index contributed by atoms with van der Waals surface area (Å²) in [4.78, 5) is 14.2. The Labute approximate surface area is 123 Å². The van der Waals surface area contributed by atoms with Gasteiger partial charge in [-0.3, -0.25) is 4.90 Å². The van der Waals surface area contributed by atoms with Gasteiger partial charge in [0, 0.05) is 12.6 Å². The van der Waals surface area contributed by atoms with Crippen molar-refractivity contribution in [3.8, 4) is 0 Å². The lowest BCUT2D eigenvalue weighted by atomic mass is 9.94. The third-order valence-corrected chi connectivity index (χ3v) is 4.18. The lowest BCUT2D eigenvalue weighted by molar-refractivity contribution is 0.108. The number of nitrogens with zero attached hydrogens (tertiary/aromatic N) is 1. The number of nitrogens with one attached hydrogen (secondary N) is 2. The lowest BCUT2D eigenvalue weighted by Crippen LogP contribution is -2.52. The van der Waals surface area contributed by atoms with E-state index in [0.29, 0.717) is 18.5 Å². The Morgan fingerprint density at radius 3 is 2.40 bits per heavy atom. The number of aliphatic hydroxyl groups is 1. The van der Waals surface area contributed by atoms with Gasteiger partial charge < -0.3 is 15.7 Å². The molecule has 2 amide bonds. The Morgan fingerprint density at radius 1 is 1.30 bits per heavy atom. The Balaban J connectivity index is 2.41. The standard InChI is InChI=1S/C15H31N3O2/c1-11(2)14(18-7-5-12(3)6-8-18)9-16-15(20)17-13(4)10-19/h11-14,19H,5-10H2,1-4H3,(H2,16,17,20). The fraction of sp³-hybridized carbons (Fsp3) is 0.933. The number of urea groups is 1. The van der Waals surface area contributed by atoms with Crippen molar-refractivity contribution in [1.29, 1.82) is 0 Å². The maximum absolute atomic E-state index is 11.7. The number of aliphatic hydroxyl groups excluding tert-OH is 1. The van der Waals surface area contributed by atoms with Crippen LogP contribution in [-0.2, 0) is 0 Å². The molecule has 1 aliphatic heterocycles. The van der Waals surface area contributed by atoms with Gasteiger partial charge in [-0.05, 0) is 44.7 Å². The molecule has 0 aromatic heterocycles. The van der Waals surface area contributed by atoms with Crippen molar-refractivity contribution in [2.24, 2.45) is 11.8 Å². The summed E-state index contributed by atoms with van der Waals surface area (Å²) in [7, 11) is 0. The SMILES string of the molecule is CC1CCN(C(CNC(=O)NC(C)CO)C(C)C)CC1. The molecular weight excluding hydrogens is 254 g/mol. The summed E-state index contributed by atoms with van der Waals surface area (Å²) < 4.78 is 0. The van der Waals surface area contributed by atoms with Crippen molar-refractivity contribution in [3.05, 3.63) is 0 Å². The number of carbonyl (C=O) groups excluding carboxylic acids is 1. The molecule has 1 saturated heterocycles. The zero-order valence-corrected chi connectivity index (χ0v) is 13.4. The van der Waals surface area contributed by atoms with Crippen molar-refractivity contribution in [1.82, 2.24) is 15.5 Å². The third-order valence-electron chi connectivity index (χ3n) is 4.18. The van der Waals surface area contributed by atoms with E-state index in [4.69, 9.17) is 5.11 Å². The molecule has 5 nitrogen and oxygen atoms in total. The Bertz CT molecular complexity index is 289. The summed E-state index contributed by atoms with van der Waals surface area (Å²) in [5.41, 5.74) is 0. The maximum atomic E-state index is 11.7. The number of likely N-dealkylation sites (tertiary alicyclic amines) is 1. The summed E-state index contributed by atoms with van der Waals surface area (Å²) in [5.74, 6) is 1.33. The van der Waals surface area contributed by atoms with Crippen molar-refractivity contribution in [2.75, 3.05) is 26.2 Å². The van der Waals surface area contributed by atoms with Gasteiger partial charge in [-0.25, -0.2) is 4.79 Å². The summed E-state index contributed by atoms with van der Waals surface area (Å²) in [6, 6.07) is -0.0106. The molecule has 0 saturated carbocycles. The Hall–Kier alpha value is -0.810. The van der Waals surface area contributed by atoms with Gasteiger partial charge in [-0.15, -0.1) is 0 Å². The molecule has 2 unspecified atom stereocenters. The smallest absolute Gasteiger partial charge is 0.315 e. The minimum Gasteiger partial charge on any atom is -0.394 e. The van der Waals surface area contributed by atoms with Gasteiger partial charge in [0.15, 0.2) is 0 Å². The second-order valence-electron chi connectivity index (χ2n) is 6.47. The first-order valence-corrected chi connectivity index (χ1v) is 7.83. The van der Waals surface area contributed by atoms with Crippen LogP contribution in [0, 0.1) is 11.8 Å². The number of carbonyl (C=O) groups is 1. The predicted molar refractivity (Wildman–Crippen MR) is 81.7 cm³/mol. The summed E-state index contributed by atoms with van der Waals surface area (Å²) in [6.07, 6.45) is 2.49. The molecule has 1 aliphatic rings. The summed E-state index contributed by atoms with van der Waals surface area (Å²) in [5, 5.41) is 14.6. The quantitative estimate of drug-likeness (QED) is 0.691. The van der Waals surface area contributed by atoms with E-state index < -0.39 is 0 Å². The molecular formula is C15H31N3O2. The van der Waals surface area contributed by atoms with E-state index >= 15 is 0 Å². The normalized spacial score (nSPS) is 20.7. The first-order chi connectivity index (χ1) is 9.43. The Morgan fingerprint density at radius 2 is 1.90 bits per heavy atom. The predicted octanol–water partition coefficient (Wildman–Crippen LogP) is 1.42. The lowest BCUT2D eigenvalue weighted by Gasteiger charge is -2.38. The van der Waals surface area contributed by atoms with Crippen LogP contribution >= 0.6 is 0 Å². The zero-order valence-electron chi connectivity index (χ0n) is 13.4. The van der Waals surface area contributed by atoms with E-state index in [1.807, 2.05) is 0 Å². The fourth-order valence-corrected chi connectivity index (χ4v) is 2.66. The van der Waals surface area contributed by atoms with E-state index in [0.717, 1.165) is 19.0 Å². The van der Waals surface area contributed by atoms with Gasteiger partial charge in [0.25, 0.3) is 0 Å². The molecule has 0 aliphatic carbocycles. The van der Waals surface area contributed by atoms with Gasteiger partial charge in [0.2, 0.25) is 0 Å². The number of rotatable bonds is 6. The second-order valence-corrected chi connectivity index (χ2v) is 6.47. The minimum absolute atomic E-state index is 0.0367. The number of amides is 2. The van der Waals surface area contributed by atoms with E-state index in [1.54, 1.807) is 6.92 Å². The van der Waals surface area contributed by atoms with E-state index in [2.05, 4.69) is 36.3 Å². The first-order valence-electron chi connectivity index (χ1n) is 7.83. The van der Waals surface area contributed by atoms with Gasteiger partial charge in [0.05, 0.1) is 12.6 Å². The van der Waals surface area contributed by atoms with Gasteiger partial charge in [-0.2, -0.15) is 0 Å². The van der Waals surface area contributed by atoms with Crippen molar-refractivity contribution in [2.45, 2.75) is 52.6 Å². The molecule has 0 radical (unpaired) electrons. The highest BCUT2D eigenvalue weighted by Gasteiger charge is 2.25. The third kappa shape index (κ3) is 5.67. The minimum atomic E-state index is -0.205. The second kappa shape index (κ2) is 8.47. The van der Waals surface area contributed by atoms with Crippen LogP contribution < -0.4 is 10.6 Å². The van der Waals surface area contributed by atoms with Crippen LogP contribution in [0.3, 0.4) is 0 Å². The van der Waals surface area contributed by atoms with Crippen LogP contribution in [0.1, 0.15) is 40.5 Å². The zero-order chi connectivity index (χ0) is 15.1. The molecule has 2 atom stereocenters. The largest absolute Gasteiger partial charge is 0.394 e. The van der Waals surface area contributed by atoms with Crippen LogP contribution in [-0.4, -0.2) is 54.4 Å². The highest BCUT2D eigenvalue weighted by Crippen LogP contribution is 2.20. The number of hydrogen-bond donors (Lipinski definition) is 3. The highest BCUT2D eigenvalue weighted by molar-refractivity contribution is 5.74. The van der Waals surface area contributed by atoms with Crippen LogP contribution in [0.4, 0.5) is 4.79 Å². The monoisotopic (exact) mass is 285 g/mol. The van der Waals surface area contributed by atoms with Crippen molar-refractivity contribution < 1.29 is 9.90 Å². The maximum Gasteiger partial charge on any atom is 0.315 e. The highest BCUT2D eigenvalue weighted by atomic mass is 16.3. The van der Waals surface area contributed by atoms with E-state index in [9.17, 15) is 4.79 Å². The van der Waals surface area contributed by atoms with E-state index in [1.165, 1.54) is 12.8 Å². The summed E-state index contributed by atoms with van der Waals surface area (Å²) in [6.45, 7) is 11.4. The molecule has 1 fully saturated rings. The first kappa shape index (κ1) is 17.2. The molecule has 5 heteroatoms. The van der Waals surface area contributed by atoms with Crippen molar-refractivity contribution >= 4 is 6.03 Å². The molecule has 118 valence electrons. The molecule has 3 N–H and O–H groups in total. The van der Waals surface area contributed by atoms with E-state index in [-0.39, 0.29) is 18.7 Å². The molecule has 0 spiro atoms. The fourth-order valence-electron chi connectivity index (χ4n) is 2.66. The molecule has 1 heterocycles. The van der Waals surface area contributed by atoms with Crippen LogP contribution in [0.5, 0.6) is 0 Å². The molecule has 0 aromatic carbocycles. The molecule has 1 rings (SSSR count). The molecule has 0 aromatic rings. The molecule has 20 heavy (non-hydrogen) atoms. The van der Waals surface area contributed by atoms with Crippen LogP contribution in [0.25, 0.3) is 0 Å². The number of hydrogen-bond acceptors (Lipinski definition) is 3. The average molecular weight is 285 g/mol. The van der Waals surface area contributed by atoms with Crippen molar-refractivity contribution in [3.63, 3.8) is 0 Å². The Kier molecular flexibility index (Phi) is 7.30. The molecule has 0 bridgehead atoms. The summed E-state index contributed by atoms with van der Waals surface area (Å²) >= 11 is 0. The van der Waals surface area contributed by atoms with Crippen LogP contribution in [0.15, 0.2) is 0 Å².